The normalized spacial score (nSPS) is 10.9. The van der Waals surface area contributed by atoms with Gasteiger partial charge in [0, 0.05) is 65.7 Å². The number of isothiocyanates is 1. The number of nitrogens with zero attached hydrogens (tertiary/aromatic N) is 5. The van der Waals surface area contributed by atoms with Crippen molar-refractivity contribution < 1.29 is 58.1 Å². The number of benzene rings is 6. The van der Waals surface area contributed by atoms with Crippen LogP contribution in [-0.4, -0.2) is 88.3 Å². The van der Waals surface area contributed by atoms with E-state index in [2.05, 4.69) is 209 Å². The average Bonchev–Trinajstić information content (AvgIpc) is 1.66. The smallest absolute Gasteiger partial charge is 0.870 e. The Bertz CT molecular complexity index is 4360. The van der Waals surface area contributed by atoms with E-state index in [9.17, 15) is 24.3 Å². The van der Waals surface area contributed by atoms with Gasteiger partial charge in [-0.15, -0.1) is 22.7 Å². The molecule has 5 aromatic heterocycles. The number of anilines is 2. The maximum Gasteiger partial charge on any atom is 1.00 e. The van der Waals surface area contributed by atoms with Crippen molar-refractivity contribution in [3.05, 3.63) is 246 Å². The molecule has 11 aromatic rings. The van der Waals surface area contributed by atoms with Crippen LogP contribution in [0.4, 0.5) is 10.3 Å². The summed E-state index contributed by atoms with van der Waals surface area (Å²) in [5.74, 6) is 0.315. The number of aromatic nitrogens is 2. The van der Waals surface area contributed by atoms with Gasteiger partial charge in [0.25, 0.3) is 0 Å². The summed E-state index contributed by atoms with van der Waals surface area (Å²) in [5, 5.41) is 29.3. The summed E-state index contributed by atoms with van der Waals surface area (Å²) < 4.78 is 10.0. The van der Waals surface area contributed by atoms with Crippen LogP contribution < -0.4 is 34.0 Å². The average molecular weight is 1530 g/mol. The number of carbonyl (C=O) groups excluding carboxylic acids is 3. The Labute approximate surface area is 663 Å². The van der Waals surface area contributed by atoms with Crippen LogP contribution in [0.3, 0.4) is 0 Å². The monoisotopic (exact) mass is 1530 g/mol. The van der Waals surface area contributed by atoms with Crippen LogP contribution in [0.2, 0.25) is 0 Å². The number of ketones is 1. The van der Waals surface area contributed by atoms with Gasteiger partial charge < -0.3 is 35.2 Å². The van der Waals surface area contributed by atoms with E-state index >= 15 is 0 Å². The van der Waals surface area contributed by atoms with Gasteiger partial charge in [-0.1, -0.05) is 205 Å². The number of hydrogen-bond acceptors (Lipinski definition) is 19. The fraction of sp³-hybridized carbons (Fsp3) is 0.306. The summed E-state index contributed by atoms with van der Waals surface area (Å²) in [6, 6.07) is 61.5. The Morgan fingerprint density at radius 2 is 0.896 bits per heavy atom. The molecule has 0 spiro atoms. The number of Topliss-reactive ketones (excluding diaryl/α,β-unsaturated/α-hetero) is 1. The summed E-state index contributed by atoms with van der Waals surface area (Å²) in [6.45, 7) is 21.4. The van der Waals surface area contributed by atoms with Crippen LogP contribution in [0.15, 0.2) is 219 Å². The molecule has 0 aliphatic heterocycles. The number of ether oxygens (including phenoxy) is 2. The van der Waals surface area contributed by atoms with E-state index in [4.69, 9.17) is 19.4 Å². The molecule has 0 fully saturated rings. The Kier molecular flexibility index (Phi) is 38.1. The van der Waals surface area contributed by atoms with Gasteiger partial charge in [0.15, 0.2) is 16.0 Å². The van der Waals surface area contributed by atoms with Crippen LogP contribution in [0, 0.1) is 17.8 Å². The number of carboxylic acid groups (broad SMARTS) is 1. The Hall–Kier alpha value is -8.32. The summed E-state index contributed by atoms with van der Waals surface area (Å²) in [7, 11) is 0. The van der Waals surface area contributed by atoms with Gasteiger partial charge >= 0.3 is 36.8 Å². The maximum atomic E-state index is 12.5. The zero-order valence-corrected chi connectivity index (χ0v) is 66.9. The quantitative estimate of drug-likeness (QED) is 0.00985. The first-order valence-corrected chi connectivity index (χ1v) is 40.2. The van der Waals surface area contributed by atoms with E-state index in [1.807, 2.05) is 98.1 Å². The molecule has 11 rings (SSSR count). The number of thiophene rings is 3. The number of rotatable bonds is 33. The number of carbonyl (C=O) groups is 4. The summed E-state index contributed by atoms with van der Waals surface area (Å²) in [5.41, 5.74) is 15.7. The molecule has 550 valence electrons. The molecule has 0 radical (unpaired) electrons. The molecule has 0 amide bonds. The van der Waals surface area contributed by atoms with E-state index in [1.165, 1.54) is 48.7 Å². The third-order valence-corrected chi connectivity index (χ3v) is 20.7. The van der Waals surface area contributed by atoms with Crippen molar-refractivity contribution >= 4 is 108 Å². The predicted molar refractivity (Wildman–Crippen MR) is 441 cm³/mol. The molecular weight excluding hydrogens is 1430 g/mol. The minimum Gasteiger partial charge on any atom is -0.870 e. The fourth-order valence-electron chi connectivity index (χ4n) is 11.1. The van der Waals surface area contributed by atoms with Crippen LogP contribution in [-0.2, 0) is 56.3 Å². The third kappa shape index (κ3) is 28.8. The van der Waals surface area contributed by atoms with E-state index in [1.54, 1.807) is 56.7 Å². The van der Waals surface area contributed by atoms with Crippen molar-refractivity contribution in [2.75, 3.05) is 42.6 Å². The number of nitrogens with one attached hydrogen (secondary N) is 1. The molecule has 1 atom stereocenters. The van der Waals surface area contributed by atoms with E-state index in [0.29, 0.717) is 88.5 Å². The van der Waals surface area contributed by atoms with Gasteiger partial charge in [0.1, 0.15) is 6.04 Å². The first-order valence-electron chi connectivity index (χ1n) is 35.3. The second-order valence-electron chi connectivity index (χ2n) is 26.0. The van der Waals surface area contributed by atoms with Gasteiger partial charge in [-0.3, -0.25) is 19.2 Å². The second-order valence-corrected chi connectivity index (χ2v) is 30.6. The molecule has 106 heavy (non-hydrogen) atoms. The first-order chi connectivity index (χ1) is 50.5. The molecule has 14 nitrogen and oxygen atoms in total. The van der Waals surface area contributed by atoms with Crippen molar-refractivity contribution in [1.82, 2.24) is 15.3 Å². The largest absolute Gasteiger partial charge is 1.00 e. The summed E-state index contributed by atoms with van der Waals surface area (Å²) >= 11 is 13.2. The van der Waals surface area contributed by atoms with Crippen molar-refractivity contribution in [2.45, 2.75) is 120 Å². The number of carboxylic acids is 1. The molecule has 1 unspecified atom stereocenters. The predicted octanol–water partition coefficient (Wildman–Crippen LogP) is 18.6. The number of thiazole rings is 2. The molecule has 6 aromatic carbocycles. The summed E-state index contributed by atoms with van der Waals surface area (Å²) in [4.78, 5) is 68.0. The number of hydrogen-bond donors (Lipinski definition) is 2. The number of thiocarbonyl (C=S) groups is 1. The molecule has 21 heteroatoms. The molecule has 3 N–H and O–H groups in total. The van der Waals surface area contributed by atoms with Crippen LogP contribution in [0.5, 0.6) is 0 Å². The van der Waals surface area contributed by atoms with Crippen LogP contribution in [0.1, 0.15) is 118 Å². The second kappa shape index (κ2) is 46.7. The zero-order valence-electron chi connectivity index (χ0n) is 62.0. The molecule has 0 saturated heterocycles. The first kappa shape index (κ1) is 86.6. The minimum absolute atomic E-state index is 0. The number of esters is 2. The van der Waals surface area contributed by atoms with Crippen molar-refractivity contribution in [2.24, 2.45) is 22.7 Å². The van der Waals surface area contributed by atoms with E-state index in [0.717, 1.165) is 63.3 Å². The van der Waals surface area contributed by atoms with Gasteiger partial charge in [0.05, 0.1) is 49.0 Å². The topological polar surface area (TPSA) is 194 Å². The van der Waals surface area contributed by atoms with Crippen LogP contribution >= 0.6 is 68.9 Å². The van der Waals surface area contributed by atoms with Gasteiger partial charge in [-0.25, -0.2) is 15.0 Å². The third-order valence-electron chi connectivity index (χ3n) is 16.3. The van der Waals surface area contributed by atoms with Gasteiger partial charge in [0.2, 0.25) is 0 Å². The van der Waals surface area contributed by atoms with Crippen LogP contribution in [0.25, 0.3) is 55.9 Å². The van der Waals surface area contributed by atoms with Gasteiger partial charge in [-0.2, -0.15) is 34.0 Å². The molecule has 5 heterocycles. The molecule has 0 saturated carbocycles. The van der Waals surface area contributed by atoms with E-state index < -0.39 is 12.0 Å². The zero-order chi connectivity index (χ0) is 74.0. The van der Waals surface area contributed by atoms with Crippen molar-refractivity contribution in [3.8, 4) is 55.9 Å². The van der Waals surface area contributed by atoms with Gasteiger partial charge in [-0.05, 0) is 164 Å². The molecule has 0 bridgehead atoms. The number of aliphatic imine (C=N–C) groups is 1. The van der Waals surface area contributed by atoms with Crippen molar-refractivity contribution in [3.63, 3.8) is 0 Å². The van der Waals surface area contributed by atoms with Crippen molar-refractivity contribution in [1.29, 1.82) is 0 Å². The Morgan fingerprint density at radius 1 is 0.509 bits per heavy atom. The fourth-order valence-corrected chi connectivity index (χ4v) is 15.9. The maximum absolute atomic E-state index is 12.5. The standard InChI is InChI=1S/C29H32N2O2S2.C27H28N2O2S2.C17H17NOS2.C12H17NO2.Li.H2O/c1-4-33-27(32)14-16-31(19-22-8-6-5-7-9-22)29-30-28(26(35-29)18-21(2)3)24-12-10-23(11-13-24)25-15-17-34-20-25;1-19(2)16-24-26(22-10-8-21(9-11-22)23-13-15-32-18-23)28-27(33-24)29(14-12-25(30)31)17-20-6-4-3-5-7-20;1-12(2)9-16(18-11-20)17(19)14-5-3-13(4-6-14)15-7-8-21-10-15;1-2-15-12(14)8-9-13-10-11-6-4-3-5-7-11;;/h5-13,15,17,20-21H,4,14,16,18-19H2,1-3H3;3-11,13,15,18-19H,12,14,16-17H2,1-2H3,(H,30,31);3-8,10,12,16H,9H2,1-2H3;3-7,13H,2,8-10H2,1H3;;1H2/q;;;;+1;/p-1. The SMILES string of the molecule is CC(C)CC(N=C=S)C(=O)c1ccc(-c2ccsc2)cc1.CC(C)Cc1sc(N(CCC(=O)O)Cc2ccccc2)nc1-c1ccc(-c2ccsc2)cc1.CCOC(=O)CCN(Cc1ccccc1)c1nc(-c2ccc(-c3ccsc3)cc2)c(CC(C)C)s1.CCOC(=O)CCNCc1ccccc1.[Li+].[OH-]. The minimum atomic E-state index is -0.795. The molecule has 0 aliphatic rings. The number of aliphatic carboxylic acids is 1. The molecule has 0 aliphatic carbocycles. The Morgan fingerprint density at radius 3 is 1.26 bits per heavy atom. The molecular formula is C85H95LiN6O8S6. The Balaban J connectivity index is 0.000000230. The van der Waals surface area contributed by atoms with E-state index in [-0.39, 0.29) is 48.5 Å². The summed E-state index contributed by atoms with van der Waals surface area (Å²) in [6.07, 6.45) is 3.45.